The van der Waals surface area contributed by atoms with Crippen molar-refractivity contribution in [2.24, 2.45) is 0 Å². The number of ether oxygens (including phenoxy) is 1. The Morgan fingerprint density at radius 3 is 2.38 bits per heavy atom. The van der Waals surface area contributed by atoms with Crippen molar-refractivity contribution in [3.05, 3.63) is 28.8 Å². The van der Waals surface area contributed by atoms with Gasteiger partial charge >= 0.3 is 0 Å². The number of rotatable bonds is 4. The number of carbonyl (C=O) groups excluding carboxylic acids is 2. The Bertz CT molecular complexity index is 535. The molecule has 0 saturated carbocycles. The van der Waals surface area contributed by atoms with Gasteiger partial charge in [-0.2, -0.15) is 0 Å². The molecule has 1 fully saturated rings. The van der Waals surface area contributed by atoms with Crippen molar-refractivity contribution in [3.8, 4) is 5.75 Å². The average Bonchev–Trinajstić information content (AvgIpc) is 2.51. The van der Waals surface area contributed by atoms with Crippen LogP contribution in [-0.2, 0) is 9.59 Å². The summed E-state index contributed by atoms with van der Waals surface area (Å²) in [5, 5.41) is 0. The van der Waals surface area contributed by atoms with E-state index in [1.165, 1.54) is 0 Å². The molecule has 1 aliphatic rings. The summed E-state index contributed by atoms with van der Waals surface area (Å²) >= 11 is 0. The maximum Gasteiger partial charge on any atom is 0.260 e. The van der Waals surface area contributed by atoms with Gasteiger partial charge in [0.05, 0.1) is 0 Å². The van der Waals surface area contributed by atoms with Crippen molar-refractivity contribution >= 4 is 12.3 Å². The van der Waals surface area contributed by atoms with Gasteiger partial charge < -0.3 is 14.5 Å². The van der Waals surface area contributed by atoms with Crippen LogP contribution in [0, 0.1) is 20.8 Å². The van der Waals surface area contributed by atoms with Gasteiger partial charge in [0.25, 0.3) is 5.91 Å². The molecule has 0 bridgehead atoms. The van der Waals surface area contributed by atoms with E-state index in [0.29, 0.717) is 26.2 Å². The molecular weight excluding hydrogens is 268 g/mol. The summed E-state index contributed by atoms with van der Waals surface area (Å²) in [6.07, 6.45) is 0.831. The number of amides is 2. The van der Waals surface area contributed by atoms with Crippen LogP contribution in [0.25, 0.3) is 0 Å². The molecule has 1 heterocycles. The highest BCUT2D eigenvalue weighted by atomic mass is 16.5. The largest absolute Gasteiger partial charge is 0.483 e. The minimum absolute atomic E-state index is 0.0270. The second-order valence-corrected chi connectivity index (χ2v) is 5.46. The maximum atomic E-state index is 12.2. The highest BCUT2D eigenvalue weighted by Gasteiger charge is 2.20. The van der Waals surface area contributed by atoms with Crippen LogP contribution in [0.4, 0.5) is 0 Å². The Morgan fingerprint density at radius 1 is 1.14 bits per heavy atom. The highest BCUT2D eigenvalue weighted by molar-refractivity contribution is 5.78. The SMILES string of the molecule is Cc1ccc(C)c(OCC(=O)N2CCN(C=O)CC2)c1C. The van der Waals surface area contributed by atoms with E-state index < -0.39 is 0 Å². The molecule has 21 heavy (non-hydrogen) atoms. The van der Waals surface area contributed by atoms with E-state index in [1.54, 1.807) is 9.80 Å². The van der Waals surface area contributed by atoms with Crippen molar-refractivity contribution in [3.63, 3.8) is 0 Å². The van der Waals surface area contributed by atoms with Crippen LogP contribution in [0.2, 0.25) is 0 Å². The monoisotopic (exact) mass is 290 g/mol. The van der Waals surface area contributed by atoms with Crippen molar-refractivity contribution < 1.29 is 14.3 Å². The molecule has 0 aliphatic carbocycles. The first-order valence-corrected chi connectivity index (χ1v) is 7.19. The van der Waals surface area contributed by atoms with Gasteiger partial charge in [0.2, 0.25) is 6.41 Å². The standard InChI is InChI=1S/C16H22N2O3/c1-12-4-5-13(2)16(14(12)3)21-10-15(20)18-8-6-17(11-19)7-9-18/h4-5,11H,6-10H2,1-3H3. The number of hydrogen-bond donors (Lipinski definition) is 0. The fourth-order valence-corrected chi connectivity index (χ4v) is 2.45. The summed E-state index contributed by atoms with van der Waals surface area (Å²) in [5.41, 5.74) is 3.27. The number of piperazine rings is 1. The van der Waals surface area contributed by atoms with Crippen LogP contribution < -0.4 is 4.74 Å². The van der Waals surface area contributed by atoms with Gasteiger partial charge in [0, 0.05) is 26.2 Å². The molecule has 2 rings (SSSR count). The molecule has 1 aliphatic heterocycles. The topological polar surface area (TPSA) is 49.9 Å². The lowest BCUT2D eigenvalue weighted by molar-refractivity contribution is -0.137. The molecule has 5 nitrogen and oxygen atoms in total. The molecule has 0 aromatic heterocycles. The molecule has 0 spiro atoms. The summed E-state index contributed by atoms with van der Waals surface area (Å²) in [5.74, 6) is 0.774. The Morgan fingerprint density at radius 2 is 1.76 bits per heavy atom. The van der Waals surface area contributed by atoms with Gasteiger partial charge in [-0.1, -0.05) is 12.1 Å². The summed E-state index contributed by atoms with van der Waals surface area (Å²) in [4.78, 5) is 26.3. The number of benzene rings is 1. The van der Waals surface area contributed by atoms with Crippen molar-refractivity contribution in [1.29, 1.82) is 0 Å². The van der Waals surface area contributed by atoms with Gasteiger partial charge in [-0.25, -0.2) is 0 Å². The van der Waals surface area contributed by atoms with Gasteiger partial charge in [0.1, 0.15) is 5.75 Å². The smallest absolute Gasteiger partial charge is 0.260 e. The summed E-state index contributed by atoms with van der Waals surface area (Å²) < 4.78 is 5.74. The predicted octanol–water partition coefficient (Wildman–Crippen LogP) is 1.29. The third kappa shape index (κ3) is 3.54. The lowest BCUT2D eigenvalue weighted by Crippen LogP contribution is -2.49. The minimum atomic E-state index is -0.0270. The Hall–Kier alpha value is -2.04. The fraction of sp³-hybridized carbons (Fsp3) is 0.500. The summed E-state index contributed by atoms with van der Waals surface area (Å²) in [7, 11) is 0. The molecule has 1 saturated heterocycles. The van der Waals surface area contributed by atoms with Crippen molar-refractivity contribution in [1.82, 2.24) is 9.80 Å². The molecular formula is C16H22N2O3. The van der Waals surface area contributed by atoms with E-state index in [4.69, 9.17) is 4.74 Å². The quantitative estimate of drug-likeness (QED) is 0.785. The molecule has 0 atom stereocenters. The van der Waals surface area contributed by atoms with E-state index >= 15 is 0 Å². The van der Waals surface area contributed by atoms with Crippen LogP contribution in [-0.4, -0.2) is 54.9 Å². The Kier molecular flexibility index (Phi) is 4.83. The van der Waals surface area contributed by atoms with Crippen LogP contribution in [0.1, 0.15) is 16.7 Å². The van der Waals surface area contributed by atoms with Crippen LogP contribution in [0.3, 0.4) is 0 Å². The van der Waals surface area contributed by atoms with Crippen molar-refractivity contribution in [2.75, 3.05) is 32.8 Å². The molecule has 1 aromatic carbocycles. The Labute approximate surface area is 125 Å². The molecule has 0 unspecified atom stereocenters. The van der Waals surface area contributed by atoms with Crippen LogP contribution >= 0.6 is 0 Å². The van der Waals surface area contributed by atoms with Gasteiger partial charge in [-0.05, 0) is 37.5 Å². The van der Waals surface area contributed by atoms with Crippen molar-refractivity contribution in [2.45, 2.75) is 20.8 Å². The lowest BCUT2D eigenvalue weighted by atomic mass is 10.1. The first kappa shape index (κ1) is 15.4. The first-order valence-electron chi connectivity index (χ1n) is 7.19. The number of aryl methyl sites for hydroxylation is 2. The zero-order valence-electron chi connectivity index (χ0n) is 12.9. The van der Waals surface area contributed by atoms with E-state index in [1.807, 2.05) is 26.8 Å². The number of carbonyl (C=O) groups is 2. The van der Waals surface area contributed by atoms with Gasteiger partial charge in [-0.15, -0.1) is 0 Å². The molecule has 2 amide bonds. The minimum Gasteiger partial charge on any atom is -0.483 e. The van der Waals surface area contributed by atoms with E-state index in [2.05, 4.69) is 6.07 Å². The van der Waals surface area contributed by atoms with Crippen LogP contribution in [0.5, 0.6) is 5.75 Å². The zero-order valence-corrected chi connectivity index (χ0v) is 12.9. The maximum absolute atomic E-state index is 12.2. The second-order valence-electron chi connectivity index (χ2n) is 5.46. The highest BCUT2D eigenvalue weighted by Crippen LogP contribution is 2.25. The molecule has 5 heteroatoms. The lowest BCUT2D eigenvalue weighted by Gasteiger charge is -2.32. The second kappa shape index (κ2) is 6.61. The Balaban J connectivity index is 1.93. The van der Waals surface area contributed by atoms with E-state index in [0.717, 1.165) is 28.8 Å². The van der Waals surface area contributed by atoms with Gasteiger partial charge in [0.15, 0.2) is 6.61 Å². The molecule has 0 N–H and O–H groups in total. The zero-order chi connectivity index (χ0) is 15.4. The van der Waals surface area contributed by atoms with E-state index in [-0.39, 0.29) is 12.5 Å². The molecule has 0 radical (unpaired) electrons. The molecule has 114 valence electrons. The summed E-state index contributed by atoms with van der Waals surface area (Å²) in [6.45, 7) is 8.41. The van der Waals surface area contributed by atoms with Crippen LogP contribution in [0.15, 0.2) is 12.1 Å². The normalized spacial score (nSPS) is 15.0. The number of nitrogens with zero attached hydrogens (tertiary/aromatic N) is 2. The third-order valence-electron chi connectivity index (χ3n) is 4.03. The first-order chi connectivity index (χ1) is 10.0. The average molecular weight is 290 g/mol. The summed E-state index contributed by atoms with van der Waals surface area (Å²) in [6, 6.07) is 4.06. The predicted molar refractivity (Wildman–Crippen MR) is 80.4 cm³/mol. The van der Waals surface area contributed by atoms with Gasteiger partial charge in [-0.3, -0.25) is 9.59 Å². The van der Waals surface area contributed by atoms with E-state index in [9.17, 15) is 9.59 Å². The fourth-order valence-electron chi connectivity index (χ4n) is 2.45. The number of hydrogen-bond acceptors (Lipinski definition) is 3. The third-order valence-corrected chi connectivity index (χ3v) is 4.03. The molecule has 1 aromatic rings.